The number of rotatable bonds is 5. The van der Waals surface area contributed by atoms with Crippen molar-refractivity contribution in [2.24, 2.45) is 0 Å². The van der Waals surface area contributed by atoms with Gasteiger partial charge in [-0.1, -0.05) is 24.3 Å². The molecular formula is C26H29N3O4. The van der Waals surface area contributed by atoms with E-state index in [-0.39, 0.29) is 17.9 Å². The molecule has 2 aromatic carbocycles. The molecule has 0 aliphatic heterocycles. The molecular weight excluding hydrogens is 418 g/mol. The number of carbonyl (C=O) groups is 3. The first-order valence-corrected chi connectivity index (χ1v) is 10.8. The highest BCUT2D eigenvalue weighted by molar-refractivity contribution is 6.05. The van der Waals surface area contributed by atoms with Crippen LogP contribution in [0.5, 0.6) is 0 Å². The maximum Gasteiger partial charge on any atom is 0.419 e. The smallest absolute Gasteiger partial charge is 0.419 e. The summed E-state index contributed by atoms with van der Waals surface area (Å²) in [7, 11) is 0. The Hall–Kier alpha value is -3.87. The Balaban J connectivity index is 1.79. The van der Waals surface area contributed by atoms with E-state index in [0.717, 1.165) is 5.39 Å². The fourth-order valence-corrected chi connectivity index (χ4v) is 3.23. The van der Waals surface area contributed by atoms with Gasteiger partial charge >= 0.3 is 6.09 Å². The number of ether oxygens (including phenoxy) is 1. The van der Waals surface area contributed by atoms with E-state index < -0.39 is 11.7 Å². The minimum atomic E-state index is -0.626. The molecule has 33 heavy (non-hydrogen) atoms. The minimum Gasteiger partial charge on any atom is -0.443 e. The zero-order valence-electron chi connectivity index (χ0n) is 19.5. The van der Waals surface area contributed by atoms with Gasteiger partial charge in [0.2, 0.25) is 5.91 Å². The number of nitrogens with zero attached hydrogens (tertiary/aromatic N) is 1. The second kappa shape index (κ2) is 9.73. The molecule has 0 aliphatic rings. The van der Waals surface area contributed by atoms with Gasteiger partial charge in [0.1, 0.15) is 5.60 Å². The largest absolute Gasteiger partial charge is 0.443 e. The van der Waals surface area contributed by atoms with Gasteiger partial charge in [-0.2, -0.15) is 0 Å². The molecule has 0 spiro atoms. The summed E-state index contributed by atoms with van der Waals surface area (Å²) < 4.78 is 6.93. The zero-order chi connectivity index (χ0) is 24.2. The average Bonchev–Trinajstić information content (AvgIpc) is 3.10. The fourth-order valence-electron chi connectivity index (χ4n) is 3.23. The van der Waals surface area contributed by atoms with Crippen LogP contribution in [0.3, 0.4) is 0 Å². The van der Waals surface area contributed by atoms with Crippen LogP contribution in [0, 0.1) is 0 Å². The van der Waals surface area contributed by atoms with Crippen LogP contribution in [0.1, 0.15) is 50.5 Å². The van der Waals surface area contributed by atoms with Crippen molar-refractivity contribution in [1.82, 2.24) is 9.88 Å². The molecule has 0 atom stereocenters. The van der Waals surface area contributed by atoms with E-state index in [4.69, 9.17) is 4.74 Å². The number of para-hydroxylation sites is 1. The lowest BCUT2D eigenvalue weighted by molar-refractivity contribution is -0.111. The Morgan fingerprint density at radius 1 is 1.03 bits per heavy atom. The first kappa shape index (κ1) is 23.8. The van der Waals surface area contributed by atoms with E-state index in [1.165, 1.54) is 10.6 Å². The predicted octanol–water partition coefficient (Wildman–Crippen LogP) is 5.21. The standard InChI is InChI=1S/C26H29N3O4/c1-17(2)27-24(31)18-9-8-10-20(15-18)28-23(30)14-13-19-16-29(25(32)33-26(3,4)5)22-12-7-6-11-21(19)22/h6-17H,1-5H3,(H,27,31)(H,28,30)/b14-13+. The molecule has 0 aliphatic carbocycles. The third-order valence-electron chi connectivity index (χ3n) is 4.56. The first-order chi connectivity index (χ1) is 15.5. The molecule has 2 N–H and O–H groups in total. The second-order valence-corrected chi connectivity index (χ2v) is 8.98. The molecule has 1 heterocycles. The zero-order valence-corrected chi connectivity index (χ0v) is 19.5. The Bertz CT molecular complexity index is 1220. The van der Waals surface area contributed by atoms with Crippen molar-refractivity contribution in [3.8, 4) is 0 Å². The van der Waals surface area contributed by atoms with E-state index in [2.05, 4.69) is 10.6 Å². The first-order valence-electron chi connectivity index (χ1n) is 10.8. The number of anilines is 1. The van der Waals surface area contributed by atoms with Crippen molar-refractivity contribution < 1.29 is 19.1 Å². The Labute approximate surface area is 193 Å². The summed E-state index contributed by atoms with van der Waals surface area (Å²) in [5.74, 6) is -0.558. The molecule has 0 bridgehead atoms. The number of carbonyl (C=O) groups excluding carboxylic acids is 3. The lowest BCUT2D eigenvalue weighted by Crippen LogP contribution is -2.30. The van der Waals surface area contributed by atoms with Crippen molar-refractivity contribution in [3.05, 3.63) is 71.9 Å². The van der Waals surface area contributed by atoms with Crippen LogP contribution >= 0.6 is 0 Å². The van der Waals surface area contributed by atoms with Crippen molar-refractivity contribution in [1.29, 1.82) is 0 Å². The van der Waals surface area contributed by atoms with Gasteiger partial charge in [-0.25, -0.2) is 4.79 Å². The molecule has 7 nitrogen and oxygen atoms in total. The molecule has 7 heteroatoms. The van der Waals surface area contributed by atoms with Crippen LogP contribution in [0.2, 0.25) is 0 Å². The highest BCUT2D eigenvalue weighted by Crippen LogP contribution is 2.24. The molecule has 1 aromatic heterocycles. The third kappa shape index (κ3) is 6.32. The molecule has 2 amide bonds. The molecule has 0 saturated carbocycles. The number of nitrogens with one attached hydrogen (secondary N) is 2. The number of benzene rings is 2. The topological polar surface area (TPSA) is 89.4 Å². The quantitative estimate of drug-likeness (QED) is 0.525. The summed E-state index contributed by atoms with van der Waals surface area (Å²) in [6, 6.07) is 14.2. The van der Waals surface area contributed by atoms with Gasteiger partial charge in [-0.3, -0.25) is 14.2 Å². The summed E-state index contributed by atoms with van der Waals surface area (Å²) in [6.07, 6.45) is 4.20. The van der Waals surface area contributed by atoms with Gasteiger partial charge in [0.25, 0.3) is 5.91 Å². The van der Waals surface area contributed by atoms with Crippen molar-refractivity contribution in [2.45, 2.75) is 46.3 Å². The number of aromatic nitrogens is 1. The lowest BCUT2D eigenvalue weighted by Gasteiger charge is -2.19. The van der Waals surface area contributed by atoms with Crippen LogP contribution in [-0.2, 0) is 9.53 Å². The van der Waals surface area contributed by atoms with Crippen molar-refractivity contribution in [3.63, 3.8) is 0 Å². The monoisotopic (exact) mass is 447 g/mol. The van der Waals surface area contributed by atoms with E-state index in [1.807, 2.05) is 58.9 Å². The van der Waals surface area contributed by atoms with Gasteiger partial charge in [0.05, 0.1) is 5.52 Å². The van der Waals surface area contributed by atoms with E-state index >= 15 is 0 Å². The summed E-state index contributed by atoms with van der Waals surface area (Å²) in [5.41, 5.74) is 1.74. The third-order valence-corrected chi connectivity index (χ3v) is 4.56. The summed E-state index contributed by atoms with van der Waals surface area (Å²) in [4.78, 5) is 37.3. The molecule has 172 valence electrons. The number of hydrogen-bond donors (Lipinski definition) is 2. The number of hydrogen-bond acceptors (Lipinski definition) is 4. The predicted molar refractivity (Wildman–Crippen MR) is 130 cm³/mol. The Kier molecular flexibility index (Phi) is 7.01. The van der Waals surface area contributed by atoms with Crippen molar-refractivity contribution in [2.75, 3.05) is 5.32 Å². The van der Waals surface area contributed by atoms with Crippen LogP contribution in [-0.4, -0.2) is 34.1 Å². The van der Waals surface area contributed by atoms with Crippen LogP contribution in [0.4, 0.5) is 10.5 Å². The molecule has 0 unspecified atom stereocenters. The molecule has 0 radical (unpaired) electrons. The lowest BCUT2D eigenvalue weighted by atomic mass is 10.1. The van der Waals surface area contributed by atoms with E-state index in [1.54, 1.807) is 36.5 Å². The van der Waals surface area contributed by atoms with Gasteiger partial charge in [-0.15, -0.1) is 0 Å². The fraction of sp³-hybridized carbons (Fsp3) is 0.269. The maximum atomic E-state index is 12.6. The average molecular weight is 448 g/mol. The number of fused-ring (bicyclic) bond motifs is 1. The van der Waals surface area contributed by atoms with Crippen molar-refractivity contribution >= 4 is 40.6 Å². The molecule has 0 fully saturated rings. The highest BCUT2D eigenvalue weighted by Gasteiger charge is 2.20. The van der Waals surface area contributed by atoms with Crippen LogP contribution in [0.25, 0.3) is 17.0 Å². The van der Waals surface area contributed by atoms with Crippen LogP contribution < -0.4 is 10.6 Å². The summed E-state index contributed by atoms with van der Waals surface area (Å²) in [5, 5.41) is 6.41. The maximum absolute atomic E-state index is 12.6. The van der Waals surface area contributed by atoms with Gasteiger partial charge in [0.15, 0.2) is 0 Å². The normalized spacial score (nSPS) is 11.7. The van der Waals surface area contributed by atoms with E-state index in [0.29, 0.717) is 22.3 Å². The molecule has 0 saturated heterocycles. The van der Waals surface area contributed by atoms with Gasteiger partial charge in [0, 0.05) is 40.5 Å². The minimum absolute atomic E-state index is 0.0153. The van der Waals surface area contributed by atoms with E-state index in [9.17, 15) is 14.4 Å². The van der Waals surface area contributed by atoms with Gasteiger partial charge in [-0.05, 0) is 65.0 Å². The molecule has 3 aromatic rings. The molecule has 3 rings (SSSR count). The summed E-state index contributed by atoms with van der Waals surface area (Å²) >= 11 is 0. The van der Waals surface area contributed by atoms with Crippen LogP contribution in [0.15, 0.2) is 60.8 Å². The number of amides is 2. The SMILES string of the molecule is CC(C)NC(=O)c1cccc(NC(=O)/C=C/c2cn(C(=O)OC(C)(C)C)c3ccccc23)c1. The Morgan fingerprint density at radius 3 is 2.45 bits per heavy atom. The highest BCUT2D eigenvalue weighted by atomic mass is 16.6. The summed E-state index contributed by atoms with van der Waals surface area (Å²) in [6.45, 7) is 9.19. The van der Waals surface area contributed by atoms with Gasteiger partial charge < -0.3 is 15.4 Å². The second-order valence-electron chi connectivity index (χ2n) is 8.98. The Morgan fingerprint density at radius 2 is 1.76 bits per heavy atom.